The third-order valence-electron chi connectivity index (χ3n) is 1.73. The molecule has 1 aromatic rings. The average Bonchev–Trinajstić information content (AvgIpc) is 2.15. The summed E-state index contributed by atoms with van der Waals surface area (Å²) in [6.45, 7) is 4.68. The van der Waals surface area contributed by atoms with Crippen LogP contribution in [0.2, 0.25) is 0 Å². The number of nitrogens with two attached hydrogens (primary N) is 1. The van der Waals surface area contributed by atoms with Crippen LogP contribution in [0.25, 0.3) is 0 Å². The molecule has 0 aliphatic heterocycles. The van der Waals surface area contributed by atoms with Crippen molar-refractivity contribution < 1.29 is 4.74 Å². The Balaban J connectivity index is 2.78. The molecule has 0 spiro atoms. The molecular weight excluding hydrogens is 164 g/mol. The van der Waals surface area contributed by atoms with Crippen molar-refractivity contribution in [2.45, 2.75) is 26.3 Å². The fourth-order valence-electron chi connectivity index (χ4n) is 1.07. The topological polar surface area (TPSA) is 48.1 Å². The van der Waals surface area contributed by atoms with Gasteiger partial charge in [-0.15, -0.1) is 0 Å². The molecular formula is C10H16N2O. The van der Waals surface area contributed by atoms with Gasteiger partial charge in [-0.3, -0.25) is 0 Å². The summed E-state index contributed by atoms with van der Waals surface area (Å²) in [5.74, 6) is 0.666. The van der Waals surface area contributed by atoms with E-state index in [4.69, 9.17) is 10.5 Å². The first-order chi connectivity index (χ1) is 6.25. The molecule has 1 rings (SSSR count). The Bertz CT molecular complexity index is 261. The molecule has 1 atom stereocenters. The van der Waals surface area contributed by atoms with Crippen molar-refractivity contribution in [3.05, 3.63) is 23.9 Å². The maximum Gasteiger partial charge on any atom is 0.218 e. The summed E-state index contributed by atoms with van der Waals surface area (Å²) in [6, 6.07) is 3.79. The molecule has 3 heteroatoms. The van der Waals surface area contributed by atoms with Crippen LogP contribution >= 0.6 is 0 Å². The van der Waals surface area contributed by atoms with Crippen LogP contribution in [0.4, 0.5) is 0 Å². The molecule has 0 fully saturated rings. The van der Waals surface area contributed by atoms with E-state index in [1.165, 1.54) is 0 Å². The first-order valence-corrected chi connectivity index (χ1v) is 4.59. The zero-order valence-electron chi connectivity index (χ0n) is 8.16. The van der Waals surface area contributed by atoms with Gasteiger partial charge in [-0.25, -0.2) is 4.98 Å². The van der Waals surface area contributed by atoms with Crippen molar-refractivity contribution in [3.63, 3.8) is 0 Å². The zero-order chi connectivity index (χ0) is 9.68. The molecule has 0 saturated heterocycles. The number of rotatable bonds is 4. The third kappa shape index (κ3) is 2.70. The van der Waals surface area contributed by atoms with Crippen LogP contribution in [0.15, 0.2) is 18.3 Å². The monoisotopic (exact) mass is 180 g/mol. The van der Waals surface area contributed by atoms with Gasteiger partial charge in [0.1, 0.15) is 0 Å². The fraction of sp³-hybridized carbons (Fsp3) is 0.500. The summed E-state index contributed by atoms with van der Waals surface area (Å²) in [6.07, 6.45) is 2.70. The standard InChI is InChI=1S/C10H16N2O/c1-3-7-13-10-9(8(2)11)5-4-6-12-10/h4-6,8H,3,7,11H2,1-2H3. The van der Waals surface area contributed by atoms with Crippen LogP contribution in [0, 0.1) is 0 Å². The van der Waals surface area contributed by atoms with Crippen LogP contribution < -0.4 is 10.5 Å². The molecule has 72 valence electrons. The van der Waals surface area contributed by atoms with Gasteiger partial charge in [0.25, 0.3) is 0 Å². The Morgan fingerprint density at radius 1 is 1.62 bits per heavy atom. The van der Waals surface area contributed by atoms with Crippen LogP contribution in [0.5, 0.6) is 5.88 Å². The van der Waals surface area contributed by atoms with Gasteiger partial charge in [-0.1, -0.05) is 13.0 Å². The van der Waals surface area contributed by atoms with Gasteiger partial charge in [0.15, 0.2) is 0 Å². The maximum atomic E-state index is 5.77. The molecule has 1 unspecified atom stereocenters. The van der Waals surface area contributed by atoms with Gasteiger partial charge in [-0.05, 0) is 19.4 Å². The lowest BCUT2D eigenvalue weighted by molar-refractivity contribution is 0.300. The smallest absolute Gasteiger partial charge is 0.218 e. The largest absolute Gasteiger partial charge is 0.477 e. The van der Waals surface area contributed by atoms with Crippen LogP contribution in [0.3, 0.4) is 0 Å². The first-order valence-electron chi connectivity index (χ1n) is 4.59. The van der Waals surface area contributed by atoms with E-state index in [0.29, 0.717) is 12.5 Å². The lowest BCUT2D eigenvalue weighted by atomic mass is 10.1. The summed E-state index contributed by atoms with van der Waals surface area (Å²) >= 11 is 0. The summed E-state index contributed by atoms with van der Waals surface area (Å²) in [5, 5.41) is 0. The lowest BCUT2D eigenvalue weighted by Crippen LogP contribution is -2.09. The van der Waals surface area contributed by atoms with Gasteiger partial charge in [-0.2, -0.15) is 0 Å². The SMILES string of the molecule is CCCOc1ncccc1C(C)N. The summed E-state index contributed by atoms with van der Waals surface area (Å²) in [4.78, 5) is 4.14. The predicted octanol–water partition coefficient (Wildman–Crippen LogP) is 1.89. The Hall–Kier alpha value is -1.09. The van der Waals surface area contributed by atoms with E-state index in [0.717, 1.165) is 12.0 Å². The number of hydrogen-bond acceptors (Lipinski definition) is 3. The molecule has 0 saturated carbocycles. The number of aromatic nitrogens is 1. The minimum Gasteiger partial charge on any atom is -0.477 e. The molecule has 3 nitrogen and oxygen atoms in total. The number of hydrogen-bond donors (Lipinski definition) is 1. The van der Waals surface area contributed by atoms with E-state index < -0.39 is 0 Å². The molecule has 0 radical (unpaired) electrons. The highest BCUT2D eigenvalue weighted by atomic mass is 16.5. The second-order valence-electron chi connectivity index (χ2n) is 3.03. The Labute approximate surface area is 78.9 Å². The second-order valence-corrected chi connectivity index (χ2v) is 3.03. The highest BCUT2D eigenvalue weighted by Crippen LogP contribution is 2.20. The highest BCUT2D eigenvalue weighted by molar-refractivity contribution is 5.27. The summed E-state index contributed by atoms with van der Waals surface area (Å²) in [7, 11) is 0. The summed E-state index contributed by atoms with van der Waals surface area (Å²) < 4.78 is 5.46. The second kappa shape index (κ2) is 4.82. The molecule has 1 heterocycles. The van der Waals surface area contributed by atoms with Crippen molar-refractivity contribution in [2.24, 2.45) is 5.73 Å². The van der Waals surface area contributed by atoms with Crippen molar-refractivity contribution in [3.8, 4) is 5.88 Å². The van der Waals surface area contributed by atoms with Crippen LogP contribution in [0.1, 0.15) is 31.9 Å². The fourth-order valence-corrected chi connectivity index (χ4v) is 1.07. The number of nitrogens with zero attached hydrogens (tertiary/aromatic N) is 1. The molecule has 2 N–H and O–H groups in total. The predicted molar refractivity (Wildman–Crippen MR) is 52.6 cm³/mol. The van der Waals surface area contributed by atoms with Gasteiger partial charge in [0.2, 0.25) is 5.88 Å². The Morgan fingerprint density at radius 3 is 3.00 bits per heavy atom. The van der Waals surface area contributed by atoms with Crippen LogP contribution in [-0.4, -0.2) is 11.6 Å². The van der Waals surface area contributed by atoms with Gasteiger partial charge in [0, 0.05) is 17.8 Å². The first kappa shape index (κ1) is 9.99. The van der Waals surface area contributed by atoms with E-state index in [9.17, 15) is 0 Å². The highest BCUT2D eigenvalue weighted by Gasteiger charge is 2.07. The van der Waals surface area contributed by atoms with Crippen molar-refractivity contribution in [1.82, 2.24) is 4.98 Å². The van der Waals surface area contributed by atoms with E-state index in [1.807, 2.05) is 19.1 Å². The van der Waals surface area contributed by atoms with E-state index in [2.05, 4.69) is 11.9 Å². The van der Waals surface area contributed by atoms with Crippen LogP contribution in [-0.2, 0) is 0 Å². The third-order valence-corrected chi connectivity index (χ3v) is 1.73. The van der Waals surface area contributed by atoms with Crippen molar-refractivity contribution in [1.29, 1.82) is 0 Å². The molecule has 0 aliphatic carbocycles. The minimum absolute atomic E-state index is 0.0273. The van der Waals surface area contributed by atoms with E-state index in [1.54, 1.807) is 6.20 Å². The quantitative estimate of drug-likeness (QED) is 0.769. The minimum atomic E-state index is -0.0273. The molecule has 0 bridgehead atoms. The van der Waals surface area contributed by atoms with E-state index >= 15 is 0 Å². The average molecular weight is 180 g/mol. The molecule has 0 aliphatic rings. The van der Waals surface area contributed by atoms with Gasteiger partial charge >= 0.3 is 0 Å². The molecule has 1 aromatic heterocycles. The lowest BCUT2D eigenvalue weighted by Gasteiger charge is -2.11. The Kier molecular flexibility index (Phi) is 3.71. The van der Waals surface area contributed by atoms with Gasteiger partial charge < -0.3 is 10.5 Å². The van der Waals surface area contributed by atoms with Crippen molar-refractivity contribution >= 4 is 0 Å². The molecule has 0 aromatic carbocycles. The van der Waals surface area contributed by atoms with Gasteiger partial charge in [0.05, 0.1) is 6.61 Å². The molecule has 0 amide bonds. The van der Waals surface area contributed by atoms with E-state index in [-0.39, 0.29) is 6.04 Å². The molecule has 13 heavy (non-hydrogen) atoms. The zero-order valence-corrected chi connectivity index (χ0v) is 8.16. The normalized spacial score (nSPS) is 12.5. The number of ether oxygens (including phenoxy) is 1. The number of pyridine rings is 1. The Morgan fingerprint density at radius 2 is 2.38 bits per heavy atom. The maximum absolute atomic E-state index is 5.77. The van der Waals surface area contributed by atoms with Crippen molar-refractivity contribution in [2.75, 3.05) is 6.61 Å². The summed E-state index contributed by atoms with van der Waals surface area (Å²) in [5.41, 5.74) is 6.73.